The first-order chi connectivity index (χ1) is 12.0. The van der Waals surface area contributed by atoms with Crippen molar-refractivity contribution in [2.24, 2.45) is 5.92 Å². The van der Waals surface area contributed by atoms with Gasteiger partial charge in [-0.3, -0.25) is 14.4 Å². The first kappa shape index (κ1) is 17.7. The van der Waals surface area contributed by atoms with E-state index in [0.29, 0.717) is 29.2 Å². The van der Waals surface area contributed by atoms with Gasteiger partial charge < -0.3 is 15.7 Å². The molecule has 0 spiro atoms. The highest BCUT2D eigenvalue weighted by atomic mass is 35.5. The summed E-state index contributed by atoms with van der Waals surface area (Å²) in [5, 5.41) is 15.5. The third-order valence-electron chi connectivity index (χ3n) is 4.30. The predicted octanol–water partition coefficient (Wildman–Crippen LogP) is 2.65. The van der Waals surface area contributed by atoms with Crippen molar-refractivity contribution in [3.8, 4) is 0 Å². The minimum Gasteiger partial charge on any atom is -0.481 e. The molecule has 2 aromatic rings. The van der Waals surface area contributed by atoms with Crippen molar-refractivity contribution in [2.75, 3.05) is 6.54 Å². The molecule has 1 aromatic carbocycles. The molecule has 0 radical (unpaired) electrons. The van der Waals surface area contributed by atoms with Gasteiger partial charge in [-0.15, -0.1) is 11.3 Å². The maximum atomic E-state index is 12.3. The first-order valence-corrected chi connectivity index (χ1v) is 9.12. The number of benzene rings is 1. The Morgan fingerprint density at radius 2 is 2.00 bits per heavy atom. The van der Waals surface area contributed by atoms with Crippen LogP contribution in [0.1, 0.15) is 28.9 Å². The van der Waals surface area contributed by atoms with Crippen LogP contribution < -0.4 is 10.6 Å². The van der Waals surface area contributed by atoms with Crippen LogP contribution in [-0.4, -0.2) is 35.5 Å². The van der Waals surface area contributed by atoms with Crippen LogP contribution in [0.25, 0.3) is 10.1 Å². The fourth-order valence-electron chi connectivity index (χ4n) is 3.02. The zero-order valence-corrected chi connectivity index (χ0v) is 14.8. The number of amides is 2. The maximum absolute atomic E-state index is 12.3. The highest BCUT2D eigenvalue weighted by Crippen LogP contribution is 2.34. The van der Waals surface area contributed by atoms with Crippen LogP contribution in [0.3, 0.4) is 0 Å². The fourth-order valence-corrected chi connectivity index (χ4v) is 4.45. The summed E-state index contributed by atoms with van der Waals surface area (Å²) < 4.78 is 0.910. The molecular weight excluding hydrogens is 364 g/mol. The zero-order chi connectivity index (χ0) is 18.0. The van der Waals surface area contributed by atoms with Crippen molar-refractivity contribution in [2.45, 2.75) is 25.3 Å². The number of halogens is 1. The molecular formula is C17H17ClN2O4S. The Labute approximate surface area is 153 Å². The van der Waals surface area contributed by atoms with Crippen LogP contribution in [-0.2, 0) is 9.59 Å². The number of hydrogen-bond acceptors (Lipinski definition) is 4. The van der Waals surface area contributed by atoms with E-state index in [1.807, 2.05) is 24.3 Å². The molecule has 2 amide bonds. The van der Waals surface area contributed by atoms with Crippen LogP contribution in [0.5, 0.6) is 0 Å². The summed E-state index contributed by atoms with van der Waals surface area (Å²) in [6.45, 7) is -0.169. The van der Waals surface area contributed by atoms with Gasteiger partial charge in [0.15, 0.2) is 0 Å². The normalized spacial score (nSPS) is 19.7. The van der Waals surface area contributed by atoms with Crippen LogP contribution in [0.15, 0.2) is 24.3 Å². The zero-order valence-electron chi connectivity index (χ0n) is 13.3. The van der Waals surface area contributed by atoms with Crippen molar-refractivity contribution in [3.63, 3.8) is 0 Å². The molecule has 1 heterocycles. The molecule has 6 nitrogen and oxygen atoms in total. The number of rotatable bonds is 5. The number of carboxylic acids is 1. The van der Waals surface area contributed by atoms with Gasteiger partial charge in [0, 0.05) is 16.1 Å². The average molecular weight is 381 g/mol. The van der Waals surface area contributed by atoms with Gasteiger partial charge in [-0.25, -0.2) is 0 Å². The number of carbonyl (C=O) groups is 3. The van der Waals surface area contributed by atoms with Gasteiger partial charge in [0.2, 0.25) is 5.91 Å². The molecule has 3 rings (SSSR count). The molecule has 0 aliphatic heterocycles. The number of carbonyl (C=O) groups excluding carboxylic acids is 2. The van der Waals surface area contributed by atoms with Crippen molar-refractivity contribution in [1.29, 1.82) is 0 Å². The number of thiophene rings is 1. The van der Waals surface area contributed by atoms with E-state index in [4.69, 9.17) is 16.7 Å². The molecule has 8 heteroatoms. The Kier molecular flexibility index (Phi) is 5.24. The highest BCUT2D eigenvalue weighted by molar-refractivity contribution is 7.21. The second-order valence-corrected chi connectivity index (χ2v) is 7.47. The smallest absolute Gasteiger partial charge is 0.306 e. The summed E-state index contributed by atoms with van der Waals surface area (Å²) in [7, 11) is 0. The van der Waals surface area contributed by atoms with E-state index in [9.17, 15) is 14.4 Å². The van der Waals surface area contributed by atoms with E-state index in [1.54, 1.807) is 0 Å². The molecule has 0 saturated heterocycles. The van der Waals surface area contributed by atoms with Gasteiger partial charge in [-0.05, 0) is 25.3 Å². The molecule has 1 aliphatic carbocycles. The van der Waals surface area contributed by atoms with Crippen LogP contribution in [0.2, 0.25) is 5.02 Å². The van der Waals surface area contributed by atoms with Crippen molar-refractivity contribution < 1.29 is 19.5 Å². The van der Waals surface area contributed by atoms with Crippen molar-refractivity contribution in [1.82, 2.24) is 10.6 Å². The quantitative estimate of drug-likeness (QED) is 0.743. The van der Waals surface area contributed by atoms with Crippen LogP contribution >= 0.6 is 22.9 Å². The molecule has 0 unspecified atom stereocenters. The van der Waals surface area contributed by atoms with E-state index in [1.165, 1.54) is 11.3 Å². The van der Waals surface area contributed by atoms with Gasteiger partial charge in [-0.2, -0.15) is 0 Å². The number of carboxylic acid groups (broad SMARTS) is 1. The molecule has 2 atom stereocenters. The second-order valence-electron chi connectivity index (χ2n) is 6.04. The summed E-state index contributed by atoms with van der Waals surface area (Å²) in [4.78, 5) is 35.5. The van der Waals surface area contributed by atoms with E-state index in [2.05, 4.69) is 10.6 Å². The van der Waals surface area contributed by atoms with Gasteiger partial charge in [-0.1, -0.05) is 29.8 Å². The Bertz CT molecular complexity index is 835. The fraction of sp³-hybridized carbons (Fsp3) is 0.353. The molecule has 1 aromatic heterocycles. The molecule has 1 fully saturated rings. The Hall–Kier alpha value is -2.12. The third kappa shape index (κ3) is 3.93. The van der Waals surface area contributed by atoms with Crippen molar-refractivity contribution >= 4 is 50.8 Å². The second kappa shape index (κ2) is 7.41. The summed E-state index contributed by atoms with van der Waals surface area (Å²) in [5.74, 6) is -1.96. The molecule has 1 aliphatic rings. The molecule has 3 N–H and O–H groups in total. The largest absolute Gasteiger partial charge is 0.481 e. The minimum atomic E-state index is -0.829. The number of hydrogen-bond donors (Lipinski definition) is 3. The van der Waals surface area contributed by atoms with E-state index in [-0.39, 0.29) is 18.5 Å². The van der Waals surface area contributed by atoms with Crippen LogP contribution in [0, 0.1) is 5.92 Å². The SMILES string of the molecule is O=C(CNC(=O)c1sc2ccccc2c1Cl)N[C@H]1CC[C@@H](C(=O)O)C1. The Morgan fingerprint density at radius 3 is 2.68 bits per heavy atom. The number of fused-ring (bicyclic) bond motifs is 1. The maximum Gasteiger partial charge on any atom is 0.306 e. The number of nitrogens with one attached hydrogen (secondary N) is 2. The molecule has 25 heavy (non-hydrogen) atoms. The van der Waals surface area contributed by atoms with Crippen LogP contribution in [0.4, 0.5) is 0 Å². The Morgan fingerprint density at radius 1 is 1.24 bits per heavy atom. The van der Waals surface area contributed by atoms with E-state index >= 15 is 0 Å². The summed E-state index contributed by atoms with van der Waals surface area (Å²) in [6.07, 6.45) is 1.62. The lowest BCUT2D eigenvalue weighted by Gasteiger charge is -2.12. The predicted molar refractivity (Wildman–Crippen MR) is 96.1 cm³/mol. The lowest BCUT2D eigenvalue weighted by atomic mass is 10.1. The lowest BCUT2D eigenvalue weighted by Crippen LogP contribution is -2.41. The van der Waals surface area contributed by atoms with Gasteiger partial charge in [0.25, 0.3) is 5.91 Å². The minimum absolute atomic E-state index is 0.154. The monoisotopic (exact) mass is 380 g/mol. The standard InChI is InChI=1S/C17H17ClN2O4S/c18-14-11-3-1-2-4-12(11)25-15(14)16(22)19-8-13(21)20-10-6-5-9(7-10)17(23)24/h1-4,9-10H,5-8H2,(H,19,22)(H,20,21)(H,23,24)/t9-,10+/m1/s1. The van der Waals surface area contributed by atoms with Crippen molar-refractivity contribution in [3.05, 3.63) is 34.2 Å². The van der Waals surface area contributed by atoms with Gasteiger partial charge >= 0.3 is 5.97 Å². The topological polar surface area (TPSA) is 95.5 Å². The number of aliphatic carboxylic acids is 1. The molecule has 0 bridgehead atoms. The molecule has 1 saturated carbocycles. The van der Waals surface area contributed by atoms with E-state index < -0.39 is 17.8 Å². The average Bonchev–Trinajstić information content (AvgIpc) is 3.18. The van der Waals surface area contributed by atoms with Gasteiger partial charge in [0.05, 0.1) is 17.5 Å². The van der Waals surface area contributed by atoms with Gasteiger partial charge in [0.1, 0.15) is 4.88 Å². The summed E-state index contributed by atoms with van der Waals surface area (Å²) in [6, 6.07) is 7.29. The lowest BCUT2D eigenvalue weighted by molar-refractivity contribution is -0.141. The summed E-state index contributed by atoms with van der Waals surface area (Å²) in [5.41, 5.74) is 0. The summed E-state index contributed by atoms with van der Waals surface area (Å²) >= 11 is 7.52. The highest BCUT2D eigenvalue weighted by Gasteiger charge is 2.30. The third-order valence-corrected chi connectivity index (χ3v) is 5.97. The van der Waals surface area contributed by atoms with E-state index in [0.717, 1.165) is 10.1 Å². The first-order valence-electron chi connectivity index (χ1n) is 7.93. The molecule has 132 valence electrons. The Balaban J connectivity index is 1.54.